The summed E-state index contributed by atoms with van der Waals surface area (Å²) >= 11 is 5.91. The molecule has 5 heteroatoms. The van der Waals surface area contributed by atoms with Crippen LogP contribution < -0.4 is 0 Å². The van der Waals surface area contributed by atoms with Crippen LogP contribution in [0.5, 0.6) is 0 Å². The second kappa shape index (κ2) is 6.18. The molecule has 0 radical (unpaired) electrons. The van der Waals surface area contributed by atoms with Gasteiger partial charge in [0.2, 0.25) is 0 Å². The summed E-state index contributed by atoms with van der Waals surface area (Å²) in [7, 11) is 1.39. The molecule has 0 atom stereocenters. The van der Waals surface area contributed by atoms with Crippen molar-refractivity contribution in [2.75, 3.05) is 33.3 Å². The van der Waals surface area contributed by atoms with Gasteiger partial charge in [0, 0.05) is 32.7 Å². The minimum Gasteiger partial charge on any atom is -0.465 e. The molecule has 1 fully saturated rings. The van der Waals surface area contributed by atoms with Gasteiger partial charge in [-0.05, 0) is 29.5 Å². The highest BCUT2D eigenvalue weighted by Gasteiger charge is 2.15. The third-order valence-corrected chi connectivity index (χ3v) is 3.44. The van der Waals surface area contributed by atoms with Gasteiger partial charge >= 0.3 is 5.97 Å². The zero-order valence-corrected chi connectivity index (χ0v) is 11.2. The molecule has 18 heavy (non-hydrogen) atoms. The number of hydrogen-bond donors (Lipinski definition) is 0. The summed E-state index contributed by atoms with van der Waals surface area (Å²) < 4.78 is 6.48. The van der Waals surface area contributed by atoms with Crippen LogP contribution in [0.1, 0.15) is 15.9 Å². The van der Waals surface area contributed by atoms with Crippen LogP contribution in [0.2, 0.25) is 0 Å². The third kappa shape index (κ3) is 3.45. The first kappa shape index (κ1) is 13.3. The van der Waals surface area contributed by atoms with Gasteiger partial charge in [-0.1, -0.05) is 12.1 Å². The van der Waals surface area contributed by atoms with Gasteiger partial charge in [-0.2, -0.15) is 0 Å². The largest absolute Gasteiger partial charge is 0.465 e. The minimum absolute atomic E-state index is 0.294. The van der Waals surface area contributed by atoms with Crippen molar-refractivity contribution in [1.29, 1.82) is 0 Å². The number of benzene rings is 1. The number of ether oxygens (including phenoxy) is 1. The fourth-order valence-corrected chi connectivity index (χ4v) is 2.16. The molecule has 2 rings (SSSR count). The van der Waals surface area contributed by atoms with Crippen molar-refractivity contribution in [3.05, 3.63) is 35.4 Å². The Morgan fingerprint density at radius 3 is 2.39 bits per heavy atom. The molecule has 1 heterocycles. The van der Waals surface area contributed by atoms with Crippen LogP contribution in [0.15, 0.2) is 24.3 Å². The number of piperazine rings is 1. The van der Waals surface area contributed by atoms with Crippen LogP contribution in [0.3, 0.4) is 0 Å². The van der Waals surface area contributed by atoms with Crippen molar-refractivity contribution in [1.82, 2.24) is 9.32 Å². The number of nitrogens with zero attached hydrogens (tertiary/aromatic N) is 2. The molecule has 0 aromatic heterocycles. The molecule has 0 amide bonds. The van der Waals surface area contributed by atoms with Crippen molar-refractivity contribution in [3.63, 3.8) is 0 Å². The van der Waals surface area contributed by atoms with E-state index in [9.17, 15) is 4.79 Å². The lowest BCUT2D eigenvalue weighted by atomic mass is 10.1. The second-order valence-corrected chi connectivity index (χ2v) is 4.85. The van der Waals surface area contributed by atoms with E-state index in [1.165, 1.54) is 12.7 Å². The fourth-order valence-electron chi connectivity index (χ4n) is 2.00. The lowest BCUT2D eigenvalue weighted by Crippen LogP contribution is -2.41. The second-order valence-electron chi connectivity index (χ2n) is 4.37. The Bertz CT molecular complexity index is 400. The Labute approximate surface area is 112 Å². The molecule has 0 N–H and O–H groups in total. The molecule has 0 saturated carbocycles. The summed E-state index contributed by atoms with van der Waals surface area (Å²) in [5.74, 6) is -0.294. The van der Waals surface area contributed by atoms with Gasteiger partial charge in [0.15, 0.2) is 0 Å². The molecular formula is C13H17ClN2O2. The van der Waals surface area contributed by atoms with Crippen LogP contribution >= 0.6 is 11.8 Å². The summed E-state index contributed by atoms with van der Waals surface area (Å²) in [5.41, 5.74) is 1.79. The Hall–Kier alpha value is -1.10. The predicted molar refractivity (Wildman–Crippen MR) is 70.5 cm³/mol. The summed E-state index contributed by atoms with van der Waals surface area (Å²) in [6.07, 6.45) is 0. The average molecular weight is 269 g/mol. The van der Waals surface area contributed by atoms with Crippen molar-refractivity contribution in [2.45, 2.75) is 6.54 Å². The average Bonchev–Trinajstić information content (AvgIpc) is 2.41. The molecule has 0 bridgehead atoms. The molecule has 0 aliphatic carbocycles. The molecule has 1 saturated heterocycles. The van der Waals surface area contributed by atoms with E-state index in [2.05, 4.69) is 9.64 Å². The fraction of sp³-hybridized carbons (Fsp3) is 0.462. The molecule has 0 unspecified atom stereocenters. The van der Waals surface area contributed by atoms with E-state index < -0.39 is 0 Å². The van der Waals surface area contributed by atoms with E-state index in [0.29, 0.717) is 5.56 Å². The monoisotopic (exact) mass is 268 g/mol. The van der Waals surface area contributed by atoms with E-state index >= 15 is 0 Å². The van der Waals surface area contributed by atoms with Crippen LogP contribution in [0.4, 0.5) is 0 Å². The van der Waals surface area contributed by atoms with Gasteiger partial charge in [-0.15, -0.1) is 0 Å². The molecule has 0 spiro atoms. The highest BCUT2D eigenvalue weighted by atomic mass is 35.5. The summed E-state index contributed by atoms with van der Waals surface area (Å²) in [6, 6.07) is 7.55. The van der Waals surface area contributed by atoms with Crippen LogP contribution in [0, 0.1) is 0 Å². The number of halogens is 1. The predicted octanol–water partition coefficient (Wildman–Crippen LogP) is 1.74. The molecule has 1 aliphatic rings. The van der Waals surface area contributed by atoms with E-state index in [4.69, 9.17) is 11.8 Å². The van der Waals surface area contributed by atoms with Gasteiger partial charge in [0.25, 0.3) is 0 Å². The maximum atomic E-state index is 11.3. The highest BCUT2D eigenvalue weighted by molar-refractivity contribution is 6.13. The molecule has 1 aromatic carbocycles. The molecule has 1 aromatic rings. The van der Waals surface area contributed by atoms with E-state index in [1.807, 2.05) is 16.6 Å². The molecule has 4 nitrogen and oxygen atoms in total. The Kier molecular flexibility index (Phi) is 4.58. The summed E-state index contributed by atoms with van der Waals surface area (Å²) in [5, 5.41) is 0. The lowest BCUT2D eigenvalue weighted by molar-refractivity contribution is 0.0600. The van der Waals surface area contributed by atoms with Gasteiger partial charge in [-0.25, -0.2) is 9.21 Å². The zero-order chi connectivity index (χ0) is 13.0. The van der Waals surface area contributed by atoms with Gasteiger partial charge in [-0.3, -0.25) is 4.90 Å². The Morgan fingerprint density at radius 1 is 1.22 bits per heavy atom. The molecule has 98 valence electrons. The van der Waals surface area contributed by atoms with Crippen LogP contribution in [-0.2, 0) is 11.3 Å². The third-order valence-electron chi connectivity index (χ3n) is 3.10. The normalized spacial score (nSPS) is 17.7. The molecule has 1 aliphatic heterocycles. The summed E-state index contributed by atoms with van der Waals surface area (Å²) in [6.45, 7) is 4.63. The first-order valence-electron chi connectivity index (χ1n) is 5.99. The number of methoxy groups -OCH3 is 1. The zero-order valence-electron chi connectivity index (χ0n) is 10.4. The Balaban J connectivity index is 1.92. The first-order chi connectivity index (χ1) is 8.69. The minimum atomic E-state index is -0.294. The number of carbonyl (C=O) groups is 1. The van der Waals surface area contributed by atoms with Crippen LogP contribution in [-0.4, -0.2) is 48.6 Å². The van der Waals surface area contributed by atoms with Crippen molar-refractivity contribution in [2.24, 2.45) is 0 Å². The number of esters is 1. The molecular weight excluding hydrogens is 252 g/mol. The SMILES string of the molecule is COC(=O)c1ccc(CN2CCN(Cl)CC2)cc1. The number of rotatable bonds is 3. The van der Waals surface area contributed by atoms with Gasteiger partial charge in [0.1, 0.15) is 0 Å². The van der Waals surface area contributed by atoms with Crippen molar-refractivity contribution < 1.29 is 9.53 Å². The summed E-state index contributed by atoms with van der Waals surface area (Å²) in [4.78, 5) is 13.7. The number of hydrogen-bond acceptors (Lipinski definition) is 4. The maximum Gasteiger partial charge on any atom is 0.337 e. The van der Waals surface area contributed by atoms with Crippen molar-refractivity contribution >= 4 is 17.7 Å². The standard InChI is InChI=1S/C13H17ClN2O2/c1-18-13(17)12-4-2-11(3-5-12)10-15-6-8-16(14)9-7-15/h2-5H,6-10H2,1H3. The van der Waals surface area contributed by atoms with Gasteiger partial charge in [0.05, 0.1) is 12.7 Å². The topological polar surface area (TPSA) is 32.8 Å². The first-order valence-corrected chi connectivity index (χ1v) is 6.33. The van der Waals surface area contributed by atoms with E-state index in [-0.39, 0.29) is 5.97 Å². The highest BCUT2D eigenvalue weighted by Crippen LogP contribution is 2.11. The van der Waals surface area contributed by atoms with Gasteiger partial charge < -0.3 is 4.74 Å². The smallest absolute Gasteiger partial charge is 0.337 e. The Morgan fingerprint density at radius 2 is 1.83 bits per heavy atom. The van der Waals surface area contributed by atoms with Crippen molar-refractivity contribution in [3.8, 4) is 0 Å². The van der Waals surface area contributed by atoms with E-state index in [1.54, 1.807) is 12.1 Å². The van der Waals surface area contributed by atoms with Crippen LogP contribution in [0.25, 0.3) is 0 Å². The van der Waals surface area contributed by atoms with E-state index in [0.717, 1.165) is 32.7 Å². The quantitative estimate of drug-likeness (QED) is 0.618. The maximum absolute atomic E-state index is 11.3. The number of carbonyl (C=O) groups excluding carboxylic acids is 1. The lowest BCUT2D eigenvalue weighted by Gasteiger charge is -2.30.